The number of carbonyl (C=O) groups is 3. The maximum Gasteiger partial charge on any atom is 0.303 e. The van der Waals surface area contributed by atoms with E-state index >= 15 is 0 Å². The van der Waals surface area contributed by atoms with Gasteiger partial charge in [-0.1, -0.05) is 48.5 Å². The van der Waals surface area contributed by atoms with E-state index in [-0.39, 0.29) is 63.0 Å². The number of allylic oxidation sites excluding steroid dienone is 1. The van der Waals surface area contributed by atoms with Crippen molar-refractivity contribution in [1.29, 1.82) is 0 Å². The van der Waals surface area contributed by atoms with E-state index in [2.05, 4.69) is 34.6 Å². The van der Waals surface area contributed by atoms with Crippen LogP contribution in [0, 0.1) is 56.2 Å². The molecular formula is C32H48O5. The number of hydrogen-bond acceptors (Lipinski definition) is 4. The molecule has 5 heteroatoms. The van der Waals surface area contributed by atoms with Crippen LogP contribution >= 0.6 is 0 Å². The van der Waals surface area contributed by atoms with Gasteiger partial charge in [-0.05, 0) is 96.2 Å². The third kappa shape index (κ3) is 3.43. The molecule has 0 radical (unpaired) electrons. The molecule has 0 aromatic carbocycles. The predicted octanol–water partition coefficient (Wildman–Crippen LogP) is 7.14. The Kier molecular flexibility index (Phi) is 5.78. The summed E-state index contributed by atoms with van der Waals surface area (Å²) < 4.78 is 0. The summed E-state index contributed by atoms with van der Waals surface area (Å²) in [7, 11) is 0. The quantitative estimate of drug-likeness (QED) is 0.303. The highest BCUT2D eigenvalue weighted by Gasteiger charge is 2.72. The number of rotatable bonds is 2. The summed E-state index contributed by atoms with van der Waals surface area (Å²) in [5.74, 6) is -0.0389. The highest BCUT2D eigenvalue weighted by molar-refractivity contribution is 6.00. The zero-order valence-corrected chi connectivity index (χ0v) is 24.1. The lowest BCUT2D eigenvalue weighted by Crippen LogP contribution is -2.69. The number of aliphatic carboxylic acids is 1. The van der Waals surface area contributed by atoms with Gasteiger partial charge in [-0.2, -0.15) is 0 Å². The number of hydrogen-bond donors (Lipinski definition) is 2. The van der Waals surface area contributed by atoms with Crippen LogP contribution in [0.3, 0.4) is 0 Å². The maximum atomic E-state index is 14.4. The molecule has 5 aliphatic carbocycles. The summed E-state index contributed by atoms with van der Waals surface area (Å²) in [6, 6.07) is 0. The van der Waals surface area contributed by atoms with Crippen LogP contribution in [-0.2, 0) is 14.4 Å². The largest absolute Gasteiger partial charge is 0.515 e. The Labute approximate surface area is 222 Å². The molecule has 0 aromatic heterocycles. The average molecular weight is 513 g/mol. The monoisotopic (exact) mass is 512 g/mol. The number of aliphatic hydroxyl groups excluding tert-OH is 1. The molecule has 37 heavy (non-hydrogen) atoms. The van der Waals surface area contributed by atoms with Gasteiger partial charge in [0.15, 0.2) is 5.78 Å². The molecule has 2 N–H and O–H groups in total. The van der Waals surface area contributed by atoms with E-state index in [4.69, 9.17) is 0 Å². The van der Waals surface area contributed by atoms with Crippen molar-refractivity contribution >= 4 is 17.5 Å². The van der Waals surface area contributed by atoms with Crippen LogP contribution in [0.4, 0.5) is 0 Å². The summed E-state index contributed by atoms with van der Waals surface area (Å²) in [5.41, 5.74) is -0.755. The summed E-state index contributed by atoms with van der Waals surface area (Å²) >= 11 is 0. The van der Waals surface area contributed by atoms with E-state index in [0.717, 1.165) is 51.2 Å². The van der Waals surface area contributed by atoms with Gasteiger partial charge in [0.1, 0.15) is 5.78 Å². The number of ketones is 2. The van der Waals surface area contributed by atoms with Gasteiger partial charge in [0, 0.05) is 23.3 Å². The first-order chi connectivity index (χ1) is 17.0. The minimum absolute atomic E-state index is 0.0489. The average Bonchev–Trinajstić information content (AvgIpc) is 2.78. The van der Waals surface area contributed by atoms with E-state index in [1.807, 2.05) is 13.8 Å². The molecule has 5 nitrogen and oxygen atoms in total. The molecule has 0 aliphatic heterocycles. The first kappa shape index (κ1) is 26.9. The number of carboxylic acid groups (broad SMARTS) is 1. The van der Waals surface area contributed by atoms with Crippen molar-refractivity contribution in [3.8, 4) is 0 Å². The van der Waals surface area contributed by atoms with Crippen molar-refractivity contribution in [3.05, 3.63) is 11.8 Å². The smallest absolute Gasteiger partial charge is 0.303 e. The van der Waals surface area contributed by atoms with E-state index in [0.29, 0.717) is 24.2 Å². The van der Waals surface area contributed by atoms with Crippen molar-refractivity contribution < 1.29 is 24.6 Å². The standard InChI is InChI=1S/C32H48O5/c1-27(2)10-12-32(17-24(35)36)13-11-31(7)25(20(32)16-27)21(34)14-23-29(5)15-19(18-33)26(37)28(3,4)22(29)8-9-30(23,31)6/h18,20,22-23,25,33H,8-17H2,1-7H3,(H,35,36)/b19-18-/t20?,22-,23+,25?,29-,30+,31+,32+/m0/s1. The molecule has 0 aromatic rings. The maximum absolute atomic E-state index is 14.4. The van der Waals surface area contributed by atoms with Crippen LogP contribution in [0.2, 0.25) is 0 Å². The Hall–Kier alpha value is -1.65. The van der Waals surface area contributed by atoms with Crippen molar-refractivity contribution in [3.63, 3.8) is 0 Å². The van der Waals surface area contributed by atoms with Gasteiger partial charge < -0.3 is 10.2 Å². The van der Waals surface area contributed by atoms with Crippen LogP contribution in [0.5, 0.6) is 0 Å². The number of fused-ring (bicyclic) bond motifs is 7. The zero-order valence-electron chi connectivity index (χ0n) is 24.1. The van der Waals surface area contributed by atoms with Gasteiger partial charge in [0.05, 0.1) is 12.7 Å². The topological polar surface area (TPSA) is 91.7 Å². The molecule has 0 heterocycles. The molecular weight excluding hydrogens is 464 g/mol. The van der Waals surface area contributed by atoms with Crippen LogP contribution in [0.15, 0.2) is 11.8 Å². The molecule has 5 saturated carbocycles. The molecule has 0 bridgehead atoms. The molecule has 2 unspecified atom stereocenters. The zero-order chi connectivity index (χ0) is 27.4. The number of carbonyl (C=O) groups excluding carboxylic acids is 2. The van der Waals surface area contributed by atoms with Gasteiger partial charge in [-0.25, -0.2) is 0 Å². The molecule has 5 aliphatic rings. The molecule has 206 valence electrons. The number of aliphatic hydroxyl groups is 1. The Balaban J connectivity index is 1.61. The molecule has 5 rings (SSSR count). The Bertz CT molecular complexity index is 1070. The van der Waals surface area contributed by atoms with E-state index in [1.165, 1.54) is 0 Å². The first-order valence-corrected chi connectivity index (χ1v) is 14.6. The van der Waals surface area contributed by atoms with E-state index < -0.39 is 11.4 Å². The second-order valence-electron chi connectivity index (χ2n) is 15.9. The number of Topliss-reactive ketones (excluding diaryl/α,β-unsaturated/α-hetero) is 2. The normalized spacial score (nSPS) is 49.4. The highest BCUT2D eigenvalue weighted by atomic mass is 16.4. The lowest BCUT2D eigenvalue weighted by Gasteiger charge is -2.72. The minimum Gasteiger partial charge on any atom is -0.515 e. The molecule has 0 spiro atoms. The summed E-state index contributed by atoms with van der Waals surface area (Å²) in [6.07, 6.45) is 8.81. The molecule has 0 saturated heterocycles. The SMILES string of the molecule is CC1(C)CC[C@]2(CC(=O)O)CC[C@]3(C)C(C(=O)C[C@@H]4[C@@]5(C)C/C(=C/O)C(=O)C(C)(C)[C@@H]5CC[C@]43C)C2C1. The summed E-state index contributed by atoms with van der Waals surface area (Å²) in [5, 5.41) is 20.0. The molecule has 0 amide bonds. The van der Waals surface area contributed by atoms with Crippen LogP contribution in [-0.4, -0.2) is 27.7 Å². The lowest BCUT2D eigenvalue weighted by atomic mass is 9.31. The van der Waals surface area contributed by atoms with Gasteiger partial charge in [-0.15, -0.1) is 0 Å². The summed E-state index contributed by atoms with van der Waals surface area (Å²) in [4.78, 5) is 39.8. The third-order valence-electron chi connectivity index (χ3n) is 13.4. The third-order valence-corrected chi connectivity index (χ3v) is 13.4. The van der Waals surface area contributed by atoms with Crippen LogP contribution in [0.1, 0.15) is 113 Å². The van der Waals surface area contributed by atoms with Gasteiger partial charge in [0.2, 0.25) is 0 Å². The Morgan fingerprint density at radius 1 is 0.919 bits per heavy atom. The fraction of sp³-hybridized carbons (Fsp3) is 0.844. The van der Waals surface area contributed by atoms with E-state index in [9.17, 15) is 24.6 Å². The number of carboxylic acids is 1. The Morgan fingerprint density at radius 2 is 1.57 bits per heavy atom. The van der Waals surface area contributed by atoms with Crippen LogP contribution < -0.4 is 0 Å². The van der Waals surface area contributed by atoms with Gasteiger partial charge in [0.25, 0.3) is 0 Å². The molecule has 5 fully saturated rings. The van der Waals surface area contributed by atoms with Crippen molar-refractivity contribution in [1.82, 2.24) is 0 Å². The van der Waals surface area contributed by atoms with E-state index in [1.54, 1.807) is 0 Å². The van der Waals surface area contributed by atoms with Gasteiger partial charge in [-0.3, -0.25) is 14.4 Å². The fourth-order valence-corrected chi connectivity index (χ4v) is 11.4. The first-order valence-electron chi connectivity index (χ1n) is 14.6. The van der Waals surface area contributed by atoms with Gasteiger partial charge >= 0.3 is 5.97 Å². The van der Waals surface area contributed by atoms with Crippen molar-refractivity contribution in [2.75, 3.05) is 0 Å². The van der Waals surface area contributed by atoms with Crippen molar-refractivity contribution in [2.24, 2.45) is 56.2 Å². The molecule has 8 atom stereocenters. The second-order valence-corrected chi connectivity index (χ2v) is 15.9. The Morgan fingerprint density at radius 3 is 2.19 bits per heavy atom. The van der Waals surface area contributed by atoms with Crippen molar-refractivity contribution in [2.45, 2.75) is 113 Å². The fourth-order valence-electron chi connectivity index (χ4n) is 11.4. The lowest BCUT2D eigenvalue weighted by molar-refractivity contribution is -0.232. The predicted molar refractivity (Wildman–Crippen MR) is 143 cm³/mol. The highest BCUT2D eigenvalue weighted by Crippen LogP contribution is 2.76. The van der Waals surface area contributed by atoms with Crippen LogP contribution in [0.25, 0.3) is 0 Å². The summed E-state index contributed by atoms with van der Waals surface area (Å²) in [6.45, 7) is 15.7. The minimum atomic E-state index is -0.730. The second kappa shape index (κ2) is 7.94.